The van der Waals surface area contributed by atoms with Crippen LogP contribution in [-0.4, -0.2) is 26.5 Å². The molecular formula is C14H13Cl2N3O2S. The fourth-order valence-corrected chi connectivity index (χ4v) is 3.00. The average molecular weight is 358 g/mol. The van der Waals surface area contributed by atoms with Crippen molar-refractivity contribution in [2.24, 2.45) is 0 Å². The van der Waals surface area contributed by atoms with Crippen LogP contribution >= 0.6 is 35.0 Å². The lowest BCUT2D eigenvalue weighted by Gasteiger charge is -2.09. The van der Waals surface area contributed by atoms with Gasteiger partial charge in [0.25, 0.3) is 0 Å². The number of nitrogens with zero attached hydrogens (tertiary/aromatic N) is 3. The molecule has 1 aromatic carbocycles. The molecule has 5 nitrogen and oxygen atoms in total. The lowest BCUT2D eigenvalue weighted by Crippen LogP contribution is -2.03. The standard InChI is InChI=1S/C14H11Cl2N3OS.H2O/c1-21-14-18-17-13(11-5-4-9(15)7-12(11)16)19(14)8-10-3-2-6-20-10;/h2-7H,8H2,1H3;1H2. The molecule has 0 aliphatic heterocycles. The Kier molecular flexibility index (Phi) is 5.52. The van der Waals surface area contributed by atoms with Crippen LogP contribution in [0.3, 0.4) is 0 Å². The summed E-state index contributed by atoms with van der Waals surface area (Å²) in [5.41, 5.74) is 0.792. The zero-order chi connectivity index (χ0) is 14.8. The van der Waals surface area contributed by atoms with Gasteiger partial charge in [-0.25, -0.2) is 0 Å². The molecule has 0 aliphatic carbocycles. The van der Waals surface area contributed by atoms with Crippen LogP contribution in [0.25, 0.3) is 11.4 Å². The summed E-state index contributed by atoms with van der Waals surface area (Å²) in [7, 11) is 0. The maximum absolute atomic E-state index is 6.27. The highest BCUT2D eigenvalue weighted by Crippen LogP contribution is 2.31. The summed E-state index contributed by atoms with van der Waals surface area (Å²) in [6.07, 6.45) is 3.60. The summed E-state index contributed by atoms with van der Waals surface area (Å²) in [5, 5.41) is 10.4. The minimum absolute atomic E-state index is 0. The number of furan rings is 1. The molecule has 0 bridgehead atoms. The van der Waals surface area contributed by atoms with Crippen LogP contribution in [0.4, 0.5) is 0 Å². The Morgan fingerprint density at radius 2 is 2.05 bits per heavy atom. The molecule has 2 heterocycles. The SMILES string of the molecule is CSc1nnc(-c2ccc(Cl)cc2Cl)n1Cc1ccco1.O. The molecule has 0 spiro atoms. The fourth-order valence-electron chi connectivity index (χ4n) is 2.01. The van der Waals surface area contributed by atoms with E-state index in [1.165, 1.54) is 11.8 Å². The third-order valence-electron chi connectivity index (χ3n) is 2.97. The van der Waals surface area contributed by atoms with E-state index in [2.05, 4.69) is 10.2 Å². The van der Waals surface area contributed by atoms with Gasteiger partial charge in [0.15, 0.2) is 11.0 Å². The van der Waals surface area contributed by atoms with Crippen LogP contribution in [0, 0.1) is 0 Å². The normalized spacial score (nSPS) is 10.5. The summed E-state index contributed by atoms with van der Waals surface area (Å²) < 4.78 is 7.38. The van der Waals surface area contributed by atoms with Crippen LogP contribution in [0.15, 0.2) is 46.2 Å². The molecule has 2 aromatic heterocycles. The minimum Gasteiger partial charge on any atom is -0.467 e. The molecule has 3 aromatic rings. The number of hydrogen-bond donors (Lipinski definition) is 0. The minimum atomic E-state index is 0. The van der Waals surface area contributed by atoms with Crippen molar-refractivity contribution in [1.82, 2.24) is 14.8 Å². The van der Waals surface area contributed by atoms with Crippen molar-refractivity contribution in [3.63, 3.8) is 0 Å². The Morgan fingerprint density at radius 3 is 2.68 bits per heavy atom. The Hall–Kier alpha value is -1.47. The molecule has 0 fully saturated rings. The highest BCUT2D eigenvalue weighted by atomic mass is 35.5. The zero-order valence-electron chi connectivity index (χ0n) is 11.6. The van der Waals surface area contributed by atoms with Crippen molar-refractivity contribution in [3.8, 4) is 11.4 Å². The topological polar surface area (TPSA) is 75.3 Å². The first-order chi connectivity index (χ1) is 10.2. The molecule has 3 rings (SSSR count). The van der Waals surface area contributed by atoms with Crippen LogP contribution in [0.5, 0.6) is 0 Å². The molecular weight excluding hydrogens is 345 g/mol. The number of thioether (sulfide) groups is 1. The predicted molar refractivity (Wildman–Crippen MR) is 88.7 cm³/mol. The maximum Gasteiger partial charge on any atom is 0.191 e. The van der Waals surface area contributed by atoms with Gasteiger partial charge in [0, 0.05) is 10.6 Å². The van der Waals surface area contributed by atoms with Gasteiger partial charge in [-0.05, 0) is 36.6 Å². The largest absolute Gasteiger partial charge is 0.467 e. The summed E-state index contributed by atoms with van der Waals surface area (Å²) in [4.78, 5) is 0. The Bertz CT molecular complexity index is 760. The van der Waals surface area contributed by atoms with E-state index in [1.54, 1.807) is 18.4 Å². The van der Waals surface area contributed by atoms with E-state index in [4.69, 9.17) is 27.6 Å². The fraction of sp³-hybridized carbons (Fsp3) is 0.143. The van der Waals surface area contributed by atoms with E-state index < -0.39 is 0 Å². The first kappa shape index (κ1) is 16.9. The van der Waals surface area contributed by atoms with Crippen molar-refractivity contribution in [2.75, 3.05) is 6.26 Å². The van der Waals surface area contributed by atoms with Gasteiger partial charge in [-0.15, -0.1) is 10.2 Å². The van der Waals surface area contributed by atoms with Gasteiger partial charge in [-0.1, -0.05) is 35.0 Å². The smallest absolute Gasteiger partial charge is 0.191 e. The molecule has 22 heavy (non-hydrogen) atoms. The summed E-state index contributed by atoms with van der Waals surface area (Å²) in [6, 6.07) is 9.10. The van der Waals surface area contributed by atoms with E-state index in [0.29, 0.717) is 22.4 Å². The van der Waals surface area contributed by atoms with Crippen molar-refractivity contribution in [1.29, 1.82) is 0 Å². The van der Waals surface area contributed by atoms with Gasteiger partial charge in [-0.3, -0.25) is 4.57 Å². The lowest BCUT2D eigenvalue weighted by atomic mass is 10.2. The van der Waals surface area contributed by atoms with E-state index in [1.807, 2.05) is 29.0 Å². The van der Waals surface area contributed by atoms with Crippen molar-refractivity contribution in [3.05, 3.63) is 52.4 Å². The maximum atomic E-state index is 6.27. The molecule has 0 radical (unpaired) electrons. The molecule has 116 valence electrons. The monoisotopic (exact) mass is 357 g/mol. The Morgan fingerprint density at radius 1 is 1.23 bits per heavy atom. The molecule has 0 aliphatic rings. The van der Waals surface area contributed by atoms with Crippen LogP contribution in [-0.2, 0) is 6.54 Å². The summed E-state index contributed by atoms with van der Waals surface area (Å²) >= 11 is 13.7. The van der Waals surface area contributed by atoms with E-state index >= 15 is 0 Å². The molecule has 2 N–H and O–H groups in total. The molecule has 0 saturated heterocycles. The van der Waals surface area contributed by atoms with Gasteiger partial charge < -0.3 is 9.89 Å². The third kappa shape index (κ3) is 3.30. The van der Waals surface area contributed by atoms with Crippen LogP contribution in [0.2, 0.25) is 10.0 Å². The van der Waals surface area contributed by atoms with Gasteiger partial charge in [0.05, 0.1) is 17.8 Å². The summed E-state index contributed by atoms with van der Waals surface area (Å²) in [6.45, 7) is 0.546. The number of rotatable bonds is 4. The molecule has 0 saturated carbocycles. The second-order valence-electron chi connectivity index (χ2n) is 4.30. The second kappa shape index (κ2) is 7.19. The lowest BCUT2D eigenvalue weighted by molar-refractivity contribution is 0.485. The molecule has 8 heteroatoms. The molecule has 0 amide bonds. The second-order valence-corrected chi connectivity index (χ2v) is 5.92. The predicted octanol–water partition coefficient (Wildman–Crippen LogP) is 3.79. The third-order valence-corrected chi connectivity index (χ3v) is 4.18. The number of benzene rings is 1. The highest BCUT2D eigenvalue weighted by molar-refractivity contribution is 7.98. The van der Waals surface area contributed by atoms with Crippen molar-refractivity contribution in [2.45, 2.75) is 11.7 Å². The number of halogens is 2. The zero-order valence-corrected chi connectivity index (χ0v) is 13.9. The average Bonchev–Trinajstić information content (AvgIpc) is 3.09. The molecule has 0 atom stereocenters. The van der Waals surface area contributed by atoms with Gasteiger partial charge in [0.2, 0.25) is 0 Å². The van der Waals surface area contributed by atoms with Crippen molar-refractivity contribution < 1.29 is 9.89 Å². The Labute approximate surface area is 141 Å². The van der Waals surface area contributed by atoms with Crippen LogP contribution < -0.4 is 0 Å². The Balaban J connectivity index is 0.00000176. The van der Waals surface area contributed by atoms with E-state index in [-0.39, 0.29) is 5.48 Å². The first-order valence-electron chi connectivity index (χ1n) is 6.14. The van der Waals surface area contributed by atoms with Gasteiger partial charge in [-0.2, -0.15) is 0 Å². The first-order valence-corrected chi connectivity index (χ1v) is 8.12. The van der Waals surface area contributed by atoms with Crippen LogP contribution in [0.1, 0.15) is 5.76 Å². The van der Waals surface area contributed by atoms with Crippen molar-refractivity contribution >= 4 is 35.0 Å². The number of hydrogen-bond acceptors (Lipinski definition) is 4. The van der Waals surface area contributed by atoms with E-state index in [9.17, 15) is 0 Å². The quantitative estimate of drug-likeness (QED) is 0.665. The summed E-state index contributed by atoms with van der Waals surface area (Å²) in [5.74, 6) is 1.52. The molecule has 0 unspecified atom stereocenters. The number of aromatic nitrogens is 3. The highest BCUT2D eigenvalue weighted by Gasteiger charge is 2.17. The van der Waals surface area contributed by atoms with Gasteiger partial charge >= 0.3 is 0 Å². The van der Waals surface area contributed by atoms with Gasteiger partial charge in [0.1, 0.15) is 5.76 Å². The van der Waals surface area contributed by atoms with E-state index in [0.717, 1.165) is 16.5 Å².